The van der Waals surface area contributed by atoms with Crippen LogP contribution in [0.5, 0.6) is 5.75 Å². The van der Waals surface area contributed by atoms with Gasteiger partial charge in [0.25, 0.3) is 5.91 Å². The van der Waals surface area contributed by atoms with Crippen molar-refractivity contribution in [1.29, 1.82) is 0 Å². The Morgan fingerprint density at radius 3 is 2.46 bits per heavy atom. The summed E-state index contributed by atoms with van der Waals surface area (Å²) in [5.41, 5.74) is 1.53. The summed E-state index contributed by atoms with van der Waals surface area (Å²) >= 11 is 0. The highest BCUT2D eigenvalue weighted by Gasteiger charge is 2.44. The molecular formula is C32H46N4O5. The van der Waals surface area contributed by atoms with Crippen molar-refractivity contribution in [2.45, 2.75) is 116 Å². The number of hydrogen-bond acceptors (Lipinski definition) is 7. The Labute approximate surface area is 244 Å². The van der Waals surface area contributed by atoms with Crippen LogP contribution in [0.3, 0.4) is 0 Å². The monoisotopic (exact) mass is 566 g/mol. The van der Waals surface area contributed by atoms with Gasteiger partial charge in [-0.15, -0.1) is 5.10 Å². The first-order chi connectivity index (χ1) is 19.4. The van der Waals surface area contributed by atoms with Crippen LogP contribution in [-0.4, -0.2) is 63.7 Å². The highest BCUT2D eigenvalue weighted by molar-refractivity contribution is 5.93. The van der Waals surface area contributed by atoms with E-state index in [4.69, 9.17) is 14.2 Å². The Kier molecular flexibility index (Phi) is 9.89. The van der Waals surface area contributed by atoms with Crippen LogP contribution in [0.25, 0.3) is 11.1 Å². The maximum Gasteiger partial charge on any atom is 0.412 e. The number of hydrogen-bond donors (Lipinski definition) is 1. The number of ether oxygens (including phenoxy) is 3. The number of nitrogens with zero attached hydrogens (tertiary/aromatic N) is 3. The molecule has 1 aromatic heterocycles. The summed E-state index contributed by atoms with van der Waals surface area (Å²) in [5.74, 6) is 0.533. The normalized spacial score (nSPS) is 19.2. The van der Waals surface area contributed by atoms with E-state index in [1.165, 1.54) is 19.3 Å². The number of nitrogens with one attached hydrogen (secondary N) is 1. The molecule has 2 heterocycles. The summed E-state index contributed by atoms with van der Waals surface area (Å²) in [5, 5.41) is 11.6. The average molecular weight is 567 g/mol. The summed E-state index contributed by atoms with van der Waals surface area (Å²) in [4.78, 5) is 27.4. The number of benzene rings is 1. The molecule has 0 spiro atoms. The number of rotatable bonds is 9. The minimum atomic E-state index is -0.849. The topological polar surface area (TPSA) is 103 Å². The molecule has 41 heavy (non-hydrogen) atoms. The van der Waals surface area contributed by atoms with Gasteiger partial charge in [-0.3, -0.25) is 9.69 Å². The van der Waals surface area contributed by atoms with Gasteiger partial charge in [-0.2, -0.15) is 5.10 Å². The molecule has 4 rings (SSSR count). The zero-order chi connectivity index (χ0) is 29.6. The molecular weight excluding hydrogens is 520 g/mol. The van der Waals surface area contributed by atoms with Crippen molar-refractivity contribution in [1.82, 2.24) is 20.4 Å². The quantitative estimate of drug-likeness (QED) is 0.380. The largest absolute Gasteiger partial charge is 0.490 e. The van der Waals surface area contributed by atoms with Gasteiger partial charge in [-0.25, -0.2) is 4.79 Å². The fourth-order valence-electron chi connectivity index (χ4n) is 5.34. The van der Waals surface area contributed by atoms with Crippen LogP contribution in [0.2, 0.25) is 0 Å². The zero-order valence-electron chi connectivity index (χ0n) is 25.5. The minimum absolute atomic E-state index is 0.226. The molecule has 1 aromatic carbocycles. The zero-order valence-corrected chi connectivity index (χ0v) is 25.5. The van der Waals surface area contributed by atoms with Crippen LogP contribution >= 0.6 is 0 Å². The molecule has 224 valence electrons. The maximum atomic E-state index is 13.2. The molecule has 1 aliphatic carbocycles. The Morgan fingerprint density at radius 2 is 1.80 bits per heavy atom. The first-order valence-corrected chi connectivity index (χ1v) is 15.1. The van der Waals surface area contributed by atoms with E-state index in [1.54, 1.807) is 4.90 Å². The fraction of sp³-hybridized carbons (Fsp3) is 0.625. The first kappa shape index (κ1) is 30.8. The number of carbonyl (C=O) groups excluding carboxylic acids is 2. The maximum absolute atomic E-state index is 13.2. The number of aryl methyl sites for hydroxylation is 1. The lowest BCUT2D eigenvalue weighted by Crippen LogP contribution is -2.46. The summed E-state index contributed by atoms with van der Waals surface area (Å²) < 4.78 is 17.8. The molecule has 2 aromatic rings. The third-order valence-corrected chi connectivity index (χ3v) is 7.49. The minimum Gasteiger partial charge on any atom is -0.490 e. The van der Waals surface area contributed by atoms with E-state index in [0.29, 0.717) is 12.6 Å². The molecule has 1 aliphatic heterocycles. The molecule has 9 nitrogen and oxygen atoms in total. The number of aromatic nitrogens is 2. The first-order valence-electron chi connectivity index (χ1n) is 15.1. The second-order valence-corrected chi connectivity index (χ2v) is 12.6. The summed E-state index contributed by atoms with van der Waals surface area (Å²) in [6.07, 6.45) is 8.24. The van der Waals surface area contributed by atoms with Crippen LogP contribution < -0.4 is 10.1 Å². The Hall–Kier alpha value is -3.20. The molecule has 1 saturated carbocycles. The van der Waals surface area contributed by atoms with Crippen molar-refractivity contribution in [2.75, 3.05) is 13.1 Å². The van der Waals surface area contributed by atoms with Crippen molar-refractivity contribution in [3.8, 4) is 16.9 Å². The predicted octanol–water partition coefficient (Wildman–Crippen LogP) is 6.30. The van der Waals surface area contributed by atoms with Crippen LogP contribution in [-0.2, 0) is 15.9 Å². The lowest BCUT2D eigenvalue weighted by atomic mass is 9.97. The average Bonchev–Trinajstić information content (AvgIpc) is 3.24. The Balaban J connectivity index is 1.43. The molecule has 1 saturated heterocycles. The van der Waals surface area contributed by atoms with E-state index < -0.39 is 17.4 Å². The number of unbranched alkanes of at least 4 members (excludes halogenated alkanes) is 1. The van der Waals surface area contributed by atoms with E-state index in [2.05, 4.69) is 22.4 Å². The van der Waals surface area contributed by atoms with Gasteiger partial charge in [0.2, 0.25) is 0 Å². The predicted molar refractivity (Wildman–Crippen MR) is 158 cm³/mol. The van der Waals surface area contributed by atoms with Crippen molar-refractivity contribution in [2.24, 2.45) is 0 Å². The van der Waals surface area contributed by atoms with Gasteiger partial charge in [0, 0.05) is 12.1 Å². The van der Waals surface area contributed by atoms with Gasteiger partial charge in [-0.1, -0.05) is 31.9 Å². The van der Waals surface area contributed by atoms with Gasteiger partial charge in [0.05, 0.1) is 24.4 Å². The van der Waals surface area contributed by atoms with Crippen LogP contribution in [0.1, 0.15) is 103 Å². The molecule has 2 fully saturated rings. The standard InChI is InChI=1S/C32H46N4O5/c1-7-8-14-27-26(22-15-17-24(18-16-22)39-23-12-10-9-11-13-23)19-28(35-34-27)29(37)33-20-25-21-36(32(5,6)40-25)30(38)41-31(2,3)4/h15-19,23,25H,7-14,20-21H2,1-6H3,(H,33,37)/t25-/m0/s1. The van der Waals surface area contributed by atoms with E-state index in [0.717, 1.165) is 54.7 Å². The molecule has 1 N–H and O–H groups in total. The highest BCUT2D eigenvalue weighted by Crippen LogP contribution is 2.30. The van der Waals surface area contributed by atoms with Gasteiger partial charge < -0.3 is 19.5 Å². The lowest BCUT2D eigenvalue weighted by Gasteiger charge is -2.31. The molecule has 0 radical (unpaired) electrons. The van der Waals surface area contributed by atoms with Crippen molar-refractivity contribution in [3.63, 3.8) is 0 Å². The third kappa shape index (κ3) is 8.41. The number of carbonyl (C=O) groups is 2. The molecule has 2 amide bonds. The fourth-order valence-corrected chi connectivity index (χ4v) is 5.34. The van der Waals surface area contributed by atoms with E-state index in [-0.39, 0.29) is 24.2 Å². The molecule has 0 bridgehead atoms. The second-order valence-electron chi connectivity index (χ2n) is 12.6. The Morgan fingerprint density at radius 1 is 1.10 bits per heavy atom. The van der Waals surface area contributed by atoms with E-state index in [1.807, 2.05) is 65.0 Å². The third-order valence-electron chi connectivity index (χ3n) is 7.49. The van der Waals surface area contributed by atoms with Gasteiger partial charge in [-0.05, 0) is 96.9 Å². The SMILES string of the molecule is CCCCc1nnc(C(=O)NC[C@H]2CN(C(=O)OC(C)(C)C)C(C)(C)O2)cc1-c1ccc(OC2CCCCC2)cc1. The van der Waals surface area contributed by atoms with Crippen molar-refractivity contribution >= 4 is 12.0 Å². The molecule has 1 atom stereocenters. The van der Waals surface area contributed by atoms with Crippen LogP contribution in [0.4, 0.5) is 4.79 Å². The van der Waals surface area contributed by atoms with Crippen LogP contribution in [0, 0.1) is 0 Å². The van der Waals surface area contributed by atoms with E-state index >= 15 is 0 Å². The smallest absolute Gasteiger partial charge is 0.412 e. The van der Waals surface area contributed by atoms with Gasteiger partial charge in [0.1, 0.15) is 17.1 Å². The van der Waals surface area contributed by atoms with Gasteiger partial charge >= 0.3 is 6.09 Å². The van der Waals surface area contributed by atoms with Crippen molar-refractivity contribution in [3.05, 3.63) is 41.7 Å². The van der Waals surface area contributed by atoms with Gasteiger partial charge in [0.15, 0.2) is 5.69 Å². The van der Waals surface area contributed by atoms with E-state index in [9.17, 15) is 9.59 Å². The molecule has 9 heteroatoms. The van der Waals surface area contributed by atoms with Crippen LogP contribution in [0.15, 0.2) is 30.3 Å². The van der Waals surface area contributed by atoms with Crippen molar-refractivity contribution < 1.29 is 23.8 Å². The Bertz CT molecular complexity index is 1190. The molecule has 0 unspecified atom stereocenters. The summed E-state index contributed by atoms with van der Waals surface area (Å²) in [7, 11) is 0. The second kappa shape index (κ2) is 13.2. The lowest BCUT2D eigenvalue weighted by molar-refractivity contribution is -0.0771. The summed E-state index contributed by atoms with van der Waals surface area (Å²) in [6.45, 7) is 11.8. The highest BCUT2D eigenvalue weighted by atomic mass is 16.6. The molecule has 2 aliphatic rings. The number of amides is 2. The summed E-state index contributed by atoms with van der Waals surface area (Å²) in [6, 6.07) is 9.89.